The van der Waals surface area contributed by atoms with Gasteiger partial charge in [-0.2, -0.15) is 0 Å². The van der Waals surface area contributed by atoms with Crippen LogP contribution in [-0.2, 0) is 4.79 Å². The van der Waals surface area contributed by atoms with Crippen LogP contribution in [0.1, 0.15) is 29.6 Å². The normalized spacial score (nSPS) is 17.8. The van der Waals surface area contributed by atoms with Gasteiger partial charge in [0.05, 0.1) is 23.0 Å². The van der Waals surface area contributed by atoms with Crippen molar-refractivity contribution in [2.45, 2.75) is 25.3 Å². The molecular weight excluding hydrogens is 283 g/mol. The Balaban J connectivity index is 2.23. The lowest BCUT2D eigenvalue weighted by Crippen LogP contribution is -2.37. The molecule has 1 atom stereocenters. The Morgan fingerprint density at radius 2 is 2.19 bits per heavy atom. The number of hydrogen-bond donors (Lipinski definition) is 1. The van der Waals surface area contributed by atoms with Gasteiger partial charge in [0.25, 0.3) is 11.6 Å². The molecule has 0 bridgehead atoms. The van der Waals surface area contributed by atoms with Crippen LogP contribution in [0.3, 0.4) is 0 Å². The molecule has 2 rings (SSSR count). The number of aliphatic carboxylic acids is 1. The molecule has 1 aliphatic heterocycles. The molecule has 1 aromatic rings. The van der Waals surface area contributed by atoms with Crippen LogP contribution in [0.15, 0.2) is 18.2 Å². The Hall–Kier alpha value is -2.51. The Kier molecular flexibility index (Phi) is 4.15. The molecule has 112 valence electrons. The largest absolute Gasteiger partial charge is 0.481 e. The number of benzene rings is 1. The third kappa shape index (κ3) is 3.15. The second kappa shape index (κ2) is 5.86. The molecule has 1 unspecified atom stereocenters. The van der Waals surface area contributed by atoms with Crippen molar-refractivity contribution in [3.63, 3.8) is 0 Å². The maximum atomic E-state index is 13.8. The predicted octanol–water partition coefficient (Wildman–Crippen LogP) is 1.81. The number of carbonyl (C=O) groups is 2. The van der Waals surface area contributed by atoms with Gasteiger partial charge in [0.2, 0.25) is 0 Å². The second-order valence-corrected chi connectivity index (χ2v) is 4.81. The van der Waals surface area contributed by atoms with Gasteiger partial charge in [-0.3, -0.25) is 19.7 Å². The summed E-state index contributed by atoms with van der Waals surface area (Å²) in [6, 6.07) is 2.34. The first-order valence-corrected chi connectivity index (χ1v) is 6.37. The number of nitrogens with zero attached hydrogens (tertiary/aromatic N) is 2. The minimum absolute atomic E-state index is 0.194. The fourth-order valence-corrected chi connectivity index (χ4v) is 2.46. The van der Waals surface area contributed by atoms with Crippen molar-refractivity contribution in [2.24, 2.45) is 0 Å². The molecule has 1 aliphatic rings. The van der Waals surface area contributed by atoms with Crippen molar-refractivity contribution in [1.82, 2.24) is 4.90 Å². The minimum Gasteiger partial charge on any atom is -0.481 e. The standard InChI is InChI=1S/C13H13FN2O5/c14-11-6-9(16(20)21)3-4-10(11)13(19)15-5-1-2-8(15)7-12(17)18/h3-4,6,8H,1-2,5,7H2,(H,17,18). The summed E-state index contributed by atoms with van der Waals surface area (Å²) in [4.78, 5) is 34.1. The molecule has 0 saturated carbocycles. The van der Waals surface area contributed by atoms with Crippen molar-refractivity contribution in [2.75, 3.05) is 6.54 Å². The van der Waals surface area contributed by atoms with E-state index in [0.717, 1.165) is 12.1 Å². The van der Waals surface area contributed by atoms with Gasteiger partial charge in [0, 0.05) is 18.7 Å². The van der Waals surface area contributed by atoms with E-state index in [4.69, 9.17) is 5.11 Å². The predicted molar refractivity (Wildman–Crippen MR) is 69.4 cm³/mol. The first-order chi connectivity index (χ1) is 9.90. The molecule has 1 amide bonds. The third-order valence-corrected chi connectivity index (χ3v) is 3.44. The number of rotatable bonds is 4. The number of non-ortho nitro benzene ring substituents is 1. The monoisotopic (exact) mass is 296 g/mol. The van der Waals surface area contributed by atoms with Gasteiger partial charge in [0.15, 0.2) is 0 Å². The average Bonchev–Trinajstić information content (AvgIpc) is 2.85. The maximum Gasteiger partial charge on any atom is 0.305 e. The van der Waals surface area contributed by atoms with Gasteiger partial charge in [-0.05, 0) is 18.9 Å². The van der Waals surface area contributed by atoms with E-state index in [1.807, 2.05) is 0 Å². The molecule has 1 saturated heterocycles. The molecule has 1 aromatic carbocycles. The van der Waals surface area contributed by atoms with E-state index in [2.05, 4.69) is 0 Å². The van der Waals surface area contributed by atoms with Crippen LogP contribution in [0.4, 0.5) is 10.1 Å². The maximum absolute atomic E-state index is 13.8. The van der Waals surface area contributed by atoms with E-state index >= 15 is 0 Å². The van der Waals surface area contributed by atoms with E-state index in [0.29, 0.717) is 25.5 Å². The van der Waals surface area contributed by atoms with Gasteiger partial charge < -0.3 is 10.0 Å². The third-order valence-electron chi connectivity index (χ3n) is 3.44. The van der Waals surface area contributed by atoms with Gasteiger partial charge in [-0.25, -0.2) is 4.39 Å². The fourth-order valence-electron chi connectivity index (χ4n) is 2.46. The fraction of sp³-hybridized carbons (Fsp3) is 0.385. The van der Waals surface area contributed by atoms with Crippen LogP contribution in [0.25, 0.3) is 0 Å². The van der Waals surface area contributed by atoms with Crippen molar-refractivity contribution in [3.8, 4) is 0 Å². The van der Waals surface area contributed by atoms with Crippen molar-refractivity contribution in [3.05, 3.63) is 39.7 Å². The number of nitro benzene ring substituents is 1. The van der Waals surface area contributed by atoms with E-state index < -0.39 is 34.3 Å². The molecule has 7 nitrogen and oxygen atoms in total. The molecule has 0 aromatic heterocycles. The van der Waals surface area contributed by atoms with Crippen LogP contribution < -0.4 is 0 Å². The van der Waals surface area contributed by atoms with Gasteiger partial charge in [-0.1, -0.05) is 0 Å². The number of carboxylic acid groups (broad SMARTS) is 1. The molecule has 1 heterocycles. The van der Waals surface area contributed by atoms with E-state index in [1.54, 1.807) is 0 Å². The number of hydrogen-bond acceptors (Lipinski definition) is 4. The lowest BCUT2D eigenvalue weighted by Gasteiger charge is -2.23. The van der Waals surface area contributed by atoms with E-state index in [-0.39, 0.29) is 12.0 Å². The smallest absolute Gasteiger partial charge is 0.305 e. The minimum atomic E-state index is -1.02. The van der Waals surface area contributed by atoms with Gasteiger partial charge in [-0.15, -0.1) is 0 Å². The summed E-state index contributed by atoms with van der Waals surface area (Å²) in [7, 11) is 0. The zero-order chi connectivity index (χ0) is 15.6. The first kappa shape index (κ1) is 14.9. The Labute approximate surface area is 119 Å². The highest BCUT2D eigenvalue weighted by Crippen LogP contribution is 2.25. The van der Waals surface area contributed by atoms with Crippen LogP contribution in [0, 0.1) is 15.9 Å². The number of likely N-dealkylation sites (tertiary alicyclic amines) is 1. The molecule has 0 aliphatic carbocycles. The number of amides is 1. The molecule has 0 spiro atoms. The quantitative estimate of drug-likeness (QED) is 0.674. The van der Waals surface area contributed by atoms with Crippen LogP contribution in [0.5, 0.6) is 0 Å². The lowest BCUT2D eigenvalue weighted by molar-refractivity contribution is -0.385. The highest BCUT2D eigenvalue weighted by Gasteiger charge is 2.32. The lowest BCUT2D eigenvalue weighted by atomic mass is 10.1. The zero-order valence-electron chi connectivity index (χ0n) is 11.0. The van der Waals surface area contributed by atoms with Crippen LogP contribution in [-0.4, -0.2) is 39.4 Å². The molecule has 21 heavy (non-hydrogen) atoms. The summed E-state index contributed by atoms with van der Waals surface area (Å²) in [5, 5.41) is 19.4. The molecule has 1 N–H and O–H groups in total. The van der Waals surface area contributed by atoms with E-state index in [9.17, 15) is 24.1 Å². The van der Waals surface area contributed by atoms with Gasteiger partial charge in [0.1, 0.15) is 5.82 Å². The second-order valence-electron chi connectivity index (χ2n) is 4.81. The van der Waals surface area contributed by atoms with Crippen molar-refractivity contribution in [1.29, 1.82) is 0 Å². The highest BCUT2D eigenvalue weighted by molar-refractivity contribution is 5.95. The SMILES string of the molecule is O=C(O)CC1CCCN1C(=O)c1ccc([N+](=O)[O-])cc1F. The Bertz CT molecular complexity index is 604. The van der Waals surface area contributed by atoms with Crippen molar-refractivity contribution < 1.29 is 24.0 Å². The van der Waals surface area contributed by atoms with Gasteiger partial charge >= 0.3 is 5.97 Å². The Morgan fingerprint density at radius 1 is 1.48 bits per heavy atom. The molecule has 8 heteroatoms. The topological polar surface area (TPSA) is 101 Å². The molecular formula is C13H13FN2O5. The highest BCUT2D eigenvalue weighted by atomic mass is 19.1. The Morgan fingerprint density at radius 3 is 2.76 bits per heavy atom. The summed E-state index contributed by atoms with van der Waals surface area (Å²) in [6.07, 6.45) is 1.01. The van der Waals surface area contributed by atoms with E-state index in [1.165, 1.54) is 4.90 Å². The summed E-state index contributed by atoms with van der Waals surface area (Å²) in [5.41, 5.74) is -0.717. The summed E-state index contributed by atoms with van der Waals surface area (Å²) in [5.74, 6) is -2.63. The number of carboxylic acids is 1. The number of halogens is 1. The molecule has 0 radical (unpaired) electrons. The number of carbonyl (C=O) groups excluding carboxylic acids is 1. The van der Waals surface area contributed by atoms with Crippen molar-refractivity contribution >= 4 is 17.6 Å². The number of nitro groups is 1. The van der Waals surface area contributed by atoms with Crippen LogP contribution in [0.2, 0.25) is 0 Å². The average molecular weight is 296 g/mol. The zero-order valence-corrected chi connectivity index (χ0v) is 11.0. The molecule has 1 fully saturated rings. The first-order valence-electron chi connectivity index (χ1n) is 6.37. The summed E-state index contributed by atoms with van der Waals surface area (Å²) < 4.78 is 13.8. The van der Waals surface area contributed by atoms with Crippen LogP contribution >= 0.6 is 0 Å². The summed E-state index contributed by atoms with van der Waals surface area (Å²) >= 11 is 0. The summed E-state index contributed by atoms with van der Waals surface area (Å²) in [6.45, 7) is 0.354.